The zero-order valence-corrected chi connectivity index (χ0v) is 45.3. The topological polar surface area (TPSA) is 175 Å². The molecule has 0 bridgehead atoms. The van der Waals surface area contributed by atoms with Gasteiger partial charge in [0.1, 0.15) is 24.4 Å². The van der Waals surface area contributed by atoms with E-state index in [0.29, 0.717) is 12.8 Å². The number of allylic oxidation sites excluding steroid dienone is 15. The lowest BCUT2D eigenvalue weighted by atomic mass is 9.99. The Kier molecular flexibility index (Phi) is 44.9. The van der Waals surface area contributed by atoms with E-state index in [2.05, 4.69) is 86.8 Å². The van der Waals surface area contributed by atoms with Crippen molar-refractivity contribution in [2.24, 2.45) is 0 Å². The molecule has 0 aromatic rings. The zero-order chi connectivity index (χ0) is 52.5. The second-order valence-electron chi connectivity index (χ2n) is 19.3. The molecule has 1 aliphatic heterocycles. The van der Waals surface area contributed by atoms with Crippen molar-refractivity contribution < 1.29 is 49.3 Å². The minimum atomic E-state index is -1.63. The van der Waals surface area contributed by atoms with Gasteiger partial charge in [0.25, 0.3) is 0 Å². The number of carbonyl (C=O) groups is 2. The second-order valence-corrected chi connectivity index (χ2v) is 19.3. The van der Waals surface area contributed by atoms with Crippen LogP contribution >= 0.6 is 0 Å². The maximum Gasteiger partial charge on any atom is 0.306 e. The highest BCUT2D eigenvalue weighted by atomic mass is 16.7. The number of nitrogens with one attached hydrogen (secondary N) is 1. The van der Waals surface area contributed by atoms with E-state index in [-0.39, 0.29) is 19.4 Å². The fraction of sp³-hybridized carbons (Fsp3) is 0.705. The molecule has 11 heteroatoms. The smallest absolute Gasteiger partial charge is 0.306 e. The largest absolute Gasteiger partial charge is 0.454 e. The highest BCUT2D eigenvalue weighted by Gasteiger charge is 2.47. The lowest BCUT2D eigenvalue weighted by molar-refractivity contribution is -0.305. The first-order chi connectivity index (χ1) is 35.2. The minimum Gasteiger partial charge on any atom is -0.454 e. The quantitative estimate of drug-likeness (QED) is 0.0149. The van der Waals surface area contributed by atoms with Gasteiger partial charge in [-0.2, -0.15) is 0 Å². The number of hydrogen-bond donors (Lipinski definition) is 6. The van der Waals surface area contributed by atoms with Gasteiger partial charge in [0, 0.05) is 6.42 Å². The Morgan fingerprint density at radius 3 is 1.64 bits per heavy atom. The Hall–Kier alpha value is -3.42. The average Bonchev–Trinajstić information content (AvgIpc) is 3.38. The van der Waals surface area contributed by atoms with E-state index < -0.39 is 67.4 Å². The van der Waals surface area contributed by atoms with Crippen LogP contribution in [0.2, 0.25) is 0 Å². The fourth-order valence-corrected chi connectivity index (χ4v) is 8.23. The van der Waals surface area contributed by atoms with E-state index in [0.717, 1.165) is 103 Å². The molecule has 0 aromatic carbocycles. The first-order valence-corrected chi connectivity index (χ1v) is 28.5. The molecule has 72 heavy (non-hydrogen) atoms. The van der Waals surface area contributed by atoms with Crippen LogP contribution in [0.3, 0.4) is 0 Å². The number of ether oxygens (including phenoxy) is 3. The predicted molar refractivity (Wildman–Crippen MR) is 296 cm³/mol. The first-order valence-electron chi connectivity index (χ1n) is 28.5. The van der Waals surface area contributed by atoms with Gasteiger partial charge in [0.2, 0.25) is 5.91 Å². The van der Waals surface area contributed by atoms with E-state index in [1.807, 2.05) is 30.4 Å². The monoisotopic (exact) mass is 1010 g/mol. The van der Waals surface area contributed by atoms with E-state index >= 15 is 0 Å². The third-order valence-electron chi connectivity index (χ3n) is 12.8. The van der Waals surface area contributed by atoms with Gasteiger partial charge >= 0.3 is 5.97 Å². The number of unbranched alkanes of at least 4 members (excludes halogenated alkanes) is 20. The van der Waals surface area contributed by atoms with E-state index in [1.165, 1.54) is 64.2 Å². The molecule has 412 valence electrons. The molecule has 1 amide bonds. The van der Waals surface area contributed by atoms with Crippen molar-refractivity contribution in [1.82, 2.24) is 5.32 Å². The molecule has 1 aliphatic rings. The van der Waals surface area contributed by atoms with Crippen LogP contribution in [-0.4, -0.2) is 99.6 Å². The van der Waals surface area contributed by atoms with Gasteiger partial charge in [-0.1, -0.05) is 221 Å². The van der Waals surface area contributed by atoms with Crippen molar-refractivity contribution in [2.75, 3.05) is 13.2 Å². The number of aliphatic hydroxyl groups is 5. The summed E-state index contributed by atoms with van der Waals surface area (Å²) in [6.07, 6.45) is 53.1. The van der Waals surface area contributed by atoms with Crippen molar-refractivity contribution in [2.45, 2.75) is 262 Å². The van der Waals surface area contributed by atoms with Crippen LogP contribution in [0.25, 0.3) is 0 Å². The average molecular weight is 1010 g/mol. The molecule has 1 fully saturated rings. The second kappa shape index (κ2) is 48.5. The molecule has 0 spiro atoms. The van der Waals surface area contributed by atoms with Crippen molar-refractivity contribution >= 4 is 11.9 Å². The maximum absolute atomic E-state index is 13.3. The van der Waals surface area contributed by atoms with Gasteiger partial charge in [-0.25, -0.2) is 0 Å². The van der Waals surface area contributed by atoms with Gasteiger partial charge in [-0.3, -0.25) is 9.59 Å². The number of aliphatic hydroxyl groups excluding tert-OH is 5. The first kappa shape index (κ1) is 66.6. The molecule has 0 aromatic heterocycles. The van der Waals surface area contributed by atoms with E-state index in [1.54, 1.807) is 6.08 Å². The van der Waals surface area contributed by atoms with Crippen LogP contribution < -0.4 is 5.32 Å². The van der Waals surface area contributed by atoms with Crippen LogP contribution in [0.5, 0.6) is 0 Å². The van der Waals surface area contributed by atoms with Gasteiger partial charge in [-0.05, 0) is 83.5 Å². The normalized spacial score (nSPS) is 20.2. The van der Waals surface area contributed by atoms with Crippen LogP contribution in [-0.2, 0) is 23.8 Å². The molecule has 1 saturated heterocycles. The van der Waals surface area contributed by atoms with Gasteiger partial charge < -0.3 is 45.1 Å². The van der Waals surface area contributed by atoms with Crippen molar-refractivity contribution in [1.29, 1.82) is 0 Å². The van der Waals surface area contributed by atoms with Crippen LogP contribution in [0.4, 0.5) is 0 Å². The Labute approximate surface area is 437 Å². The molecule has 8 atom stereocenters. The summed E-state index contributed by atoms with van der Waals surface area (Å²) >= 11 is 0. The van der Waals surface area contributed by atoms with Gasteiger partial charge in [0.15, 0.2) is 12.4 Å². The molecule has 1 heterocycles. The zero-order valence-electron chi connectivity index (χ0n) is 45.3. The van der Waals surface area contributed by atoms with Crippen molar-refractivity contribution in [3.63, 3.8) is 0 Å². The lowest BCUT2D eigenvalue weighted by Gasteiger charge is -2.41. The summed E-state index contributed by atoms with van der Waals surface area (Å²) in [5, 5.41) is 56.7. The van der Waals surface area contributed by atoms with Crippen molar-refractivity contribution in [3.8, 4) is 0 Å². The van der Waals surface area contributed by atoms with Crippen LogP contribution in [0.1, 0.15) is 213 Å². The van der Waals surface area contributed by atoms with Gasteiger partial charge in [-0.15, -0.1) is 0 Å². The van der Waals surface area contributed by atoms with Gasteiger partial charge in [0.05, 0.1) is 25.4 Å². The number of hydrogen-bond acceptors (Lipinski definition) is 10. The Morgan fingerprint density at radius 1 is 0.569 bits per heavy atom. The highest BCUT2D eigenvalue weighted by Crippen LogP contribution is 2.26. The maximum atomic E-state index is 13.3. The molecule has 11 nitrogen and oxygen atoms in total. The van der Waals surface area contributed by atoms with E-state index in [9.17, 15) is 35.1 Å². The van der Waals surface area contributed by atoms with Crippen molar-refractivity contribution in [3.05, 3.63) is 97.2 Å². The Balaban J connectivity index is 2.79. The minimum absolute atomic E-state index is 0.0986. The summed E-state index contributed by atoms with van der Waals surface area (Å²) in [4.78, 5) is 26.4. The molecule has 0 radical (unpaired) electrons. The summed E-state index contributed by atoms with van der Waals surface area (Å²) in [6, 6.07) is -1.06. The fourth-order valence-electron chi connectivity index (χ4n) is 8.23. The molecule has 0 aliphatic carbocycles. The number of carbonyl (C=O) groups excluding carboxylic acids is 2. The predicted octanol–water partition coefficient (Wildman–Crippen LogP) is 12.8. The summed E-state index contributed by atoms with van der Waals surface area (Å²) in [5.74, 6) is -1.27. The molecule has 1 rings (SSSR count). The van der Waals surface area contributed by atoms with Crippen LogP contribution in [0, 0.1) is 0 Å². The summed E-state index contributed by atoms with van der Waals surface area (Å²) < 4.78 is 17.5. The standard InChI is InChI=1S/C61H103NO10/c1-4-7-10-13-16-19-22-25-27-29-30-33-36-39-42-45-48-54(65)60(69)62-52(53(64)47-44-41-38-35-32-24-21-18-15-12-9-6-3)51-70-61-59(58(68)57(67)55(50-63)71-61)72-56(66)49-46-43-40-37-34-31-28-26-23-20-17-14-11-8-5-2/h8,11,14,16-17,19-20,23,25,27,30,33,39,42,44,47,52-55,57-59,61,63-65,67-68H,4-7,9-10,12-13,15,18,21-22,24,26,28-29,31-32,34-38,40-41,43,45-46,48-51H2,1-3H3,(H,62,69)/b11-8+,17-14+,19-16-,23-20+,27-25-,33-30-,42-39-,47-44+. The Morgan fingerprint density at radius 2 is 1.06 bits per heavy atom. The highest BCUT2D eigenvalue weighted by molar-refractivity contribution is 5.80. The summed E-state index contributed by atoms with van der Waals surface area (Å²) in [6.45, 7) is 5.56. The number of rotatable bonds is 46. The third-order valence-corrected chi connectivity index (χ3v) is 12.8. The molecule has 8 unspecified atom stereocenters. The summed E-state index contributed by atoms with van der Waals surface area (Å²) in [5.41, 5.74) is 0. The lowest BCUT2D eigenvalue weighted by Crippen LogP contribution is -2.61. The number of esters is 1. The SMILES string of the molecule is CC/C=C/C=C/C=C/CCCCCCCCCC(=O)OC1C(OCC(NC(=O)C(O)CC/C=C\C/C=C\C/C=C\C/C=C\CCCCC)C(O)/C=C/CCCCCCCCCCCC)OC(CO)C(O)C1O. The molecular formula is C61H103NO10. The molecular weight excluding hydrogens is 907 g/mol. The summed E-state index contributed by atoms with van der Waals surface area (Å²) in [7, 11) is 0. The Bertz CT molecular complexity index is 1530. The van der Waals surface area contributed by atoms with Crippen LogP contribution in [0.15, 0.2) is 97.2 Å². The van der Waals surface area contributed by atoms with E-state index in [4.69, 9.17) is 14.2 Å². The number of amides is 1. The molecule has 0 saturated carbocycles. The molecule has 6 N–H and O–H groups in total. The third kappa shape index (κ3) is 36.5.